The van der Waals surface area contributed by atoms with Gasteiger partial charge in [0.25, 0.3) is 5.91 Å². The fraction of sp³-hybridized carbons (Fsp3) is 0.240. The molecule has 10 heteroatoms. The van der Waals surface area contributed by atoms with Crippen molar-refractivity contribution < 1.29 is 36.3 Å². The first kappa shape index (κ1) is 24.3. The summed E-state index contributed by atoms with van der Waals surface area (Å²) in [7, 11) is 0. The number of carbonyl (C=O) groups is 2. The van der Waals surface area contributed by atoms with Crippen LogP contribution in [-0.4, -0.2) is 35.2 Å². The second kappa shape index (κ2) is 9.09. The lowest BCUT2D eigenvalue weighted by molar-refractivity contribution is -0.207. The smallest absolute Gasteiger partial charge is 0.442 e. The number of halogens is 5. The van der Waals surface area contributed by atoms with Crippen LogP contribution in [-0.2, 0) is 14.3 Å². The highest BCUT2D eigenvalue weighted by atomic mass is 19.4. The SMILES string of the molecule is CCN(C(=O)C1(OC(=O)C(F)(F)F)CC1c1ccc(-c2ccc(F)cc2)nc1)c1ccccc1F. The lowest BCUT2D eigenvalue weighted by atomic mass is 10.1. The zero-order valence-corrected chi connectivity index (χ0v) is 18.4. The Morgan fingerprint density at radius 2 is 1.74 bits per heavy atom. The van der Waals surface area contributed by atoms with Gasteiger partial charge >= 0.3 is 12.1 Å². The summed E-state index contributed by atoms with van der Waals surface area (Å²) in [6.07, 6.45) is -4.18. The van der Waals surface area contributed by atoms with Crippen molar-refractivity contribution in [1.29, 1.82) is 0 Å². The average Bonchev–Trinajstić information content (AvgIpc) is 3.56. The first-order chi connectivity index (χ1) is 16.6. The normalized spacial score (nSPS) is 19.2. The van der Waals surface area contributed by atoms with Gasteiger partial charge < -0.3 is 9.64 Å². The van der Waals surface area contributed by atoms with Gasteiger partial charge in [-0.1, -0.05) is 18.2 Å². The number of nitrogens with zero attached hydrogens (tertiary/aromatic N) is 2. The van der Waals surface area contributed by atoms with Crippen LogP contribution in [0, 0.1) is 11.6 Å². The summed E-state index contributed by atoms with van der Waals surface area (Å²) < 4.78 is 71.4. The Morgan fingerprint density at radius 1 is 1.06 bits per heavy atom. The molecule has 0 saturated heterocycles. The minimum atomic E-state index is -5.32. The van der Waals surface area contributed by atoms with Gasteiger partial charge in [0.15, 0.2) is 5.60 Å². The third-order valence-electron chi connectivity index (χ3n) is 5.81. The molecule has 1 aliphatic rings. The van der Waals surface area contributed by atoms with Gasteiger partial charge in [0.05, 0.1) is 11.4 Å². The molecule has 0 radical (unpaired) electrons. The van der Waals surface area contributed by atoms with E-state index in [2.05, 4.69) is 4.98 Å². The Bertz CT molecular complexity index is 1250. The largest absolute Gasteiger partial charge is 0.490 e. The van der Waals surface area contributed by atoms with E-state index in [1.807, 2.05) is 0 Å². The van der Waals surface area contributed by atoms with E-state index in [1.54, 1.807) is 12.1 Å². The summed E-state index contributed by atoms with van der Waals surface area (Å²) in [6.45, 7) is 1.46. The summed E-state index contributed by atoms with van der Waals surface area (Å²) >= 11 is 0. The minimum absolute atomic E-state index is 0.0699. The molecule has 2 aromatic carbocycles. The number of amides is 1. The quantitative estimate of drug-likeness (QED) is 0.343. The molecule has 2 unspecified atom stereocenters. The number of pyridine rings is 1. The number of para-hydroxylation sites is 1. The Labute approximate surface area is 197 Å². The van der Waals surface area contributed by atoms with Crippen molar-refractivity contribution in [2.24, 2.45) is 0 Å². The fourth-order valence-electron chi connectivity index (χ4n) is 3.97. The minimum Gasteiger partial charge on any atom is -0.442 e. The predicted octanol–water partition coefficient (Wildman–Crippen LogP) is 5.41. The molecule has 2 atom stereocenters. The van der Waals surface area contributed by atoms with Crippen LogP contribution in [0.3, 0.4) is 0 Å². The second-order valence-corrected chi connectivity index (χ2v) is 8.02. The van der Waals surface area contributed by atoms with E-state index in [0.29, 0.717) is 16.8 Å². The molecule has 3 aromatic rings. The van der Waals surface area contributed by atoms with E-state index < -0.39 is 41.2 Å². The van der Waals surface area contributed by atoms with Crippen LogP contribution < -0.4 is 4.90 Å². The van der Waals surface area contributed by atoms with E-state index in [-0.39, 0.29) is 18.7 Å². The number of hydrogen-bond acceptors (Lipinski definition) is 4. The second-order valence-electron chi connectivity index (χ2n) is 8.02. The van der Waals surface area contributed by atoms with Crippen molar-refractivity contribution in [2.75, 3.05) is 11.4 Å². The molecule has 0 spiro atoms. The van der Waals surface area contributed by atoms with Crippen LogP contribution in [0.15, 0.2) is 66.9 Å². The number of ether oxygens (including phenoxy) is 1. The van der Waals surface area contributed by atoms with Gasteiger partial charge in [0.2, 0.25) is 0 Å². The molecule has 1 saturated carbocycles. The van der Waals surface area contributed by atoms with E-state index in [9.17, 15) is 31.5 Å². The van der Waals surface area contributed by atoms with Gasteiger partial charge in [-0.2, -0.15) is 13.2 Å². The number of anilines is 1. The van der Waals surface area contributed by atoms with Crippen LogP contribution in [0.25, 0.3) is 11.3 Å². The number of alkyl halides is 3. The lowest BCUT2D eigenvalue weighted by Crippen LogP contribution is -2.46. The molecule has 5 nitrogen and oxygen atoms in total. The standard InChI is InChI=1S/C25H19F5N2O3/c1-2-32(21-6-4-3-5-19(21)27)22(33)24(35-23(34)25(28,29)30)13-18(24)16-9-12-20(31-14-16)15-7-10-17(26)11-8-15/h3-12,14,18H,2,13H2,1H3. The van der Waals surface area contributed by atoms with Gasteiger partial charge in [-0.05, 0) is 55.0 Å². The Morgan fingerprint density at radius 3 is 2.31 bits per heavy atom. The first-order valence-corrected chi connectivity index (χ1v) is 10.7. The molecular formula is C25H19F5N2O3. The summed E-state index contributed by atoms with van der Waals surface area (Å²) in [5.74, 6) is -5.56. The van der Waals surface area contributed by atoms with E-state index in [4.69, 9.17) is 4.74 Å². The Kier molecular flexibility index (Phi) is 6.31. The van der Waals surface area contributed by atoms with Crippen molar-refractivity contribution in [3.63, 3.8) is 0 Å². The maximum atomic E-state index is 14.4. The molecular weight excluding hydrogens is 471 g/mol. The first-order valence-electron chi connectivity index (χ1n) is 10.7. The van der Waals surface area contributed by atoms with Crippen LogP contribution in [0.1, 0.15) is 24.8 Å². The van der Waals surface area contributed by atoms with Crippen molar-refractivity contribution in [3.8, 4) is 11.3 Å². The Balaban J connectivity index is 1.67. The van der Waals surface area contributed by atoms with Crippen LogP contribution >= 0.6 is 0 Å². The van der Waals surface area contributed by atoms with Crippen molar-refractivity contribution in [3.05, 3.63) is 84.1 Å². The molecule has 35 heavy (non-hydrogen) atoms. The van der Waals surface area contributed by atoms with E-state index in [0.717, 1.165) is 11.0 Å². The fourth-order valence-corrected chi connectivity index (χ4v) is 3.97. The molecule has 1 heterocycles. The number of benzene rings is 2. The van der Waals surface area contributed by atoms with Gasteiger partial charge in [-0.25, -0.2) is 13.6 Å². The summed E-state index contributed by atoms with van der Waals surface area (Å²) in [4.78, 5) is 30.4. The highest BCUT2D eigenvalue weighted by Crippen LogP contribution is 2.56. The zero-order chi connectivity index (χ0) is 25.4. The van der Waals surface area contributed by atoms with Crippen LogP contribution in [0.4, 0.5) is 27.6 Å². The van der Waals surface area contributed by atoms with E-state index in [1.165, 1.54) is 55.6 Å². The molecule has 1 amide bonds. The summed E-state index contributed by atoms with van der Waals surface area (Å²) in [5.41, 5.74) is -0.859. The molecule has 4 rings (SSSR count). The molecule has 0 aliphatic heterocycles. The van der Waals surface area contributed by atoms with Crippen LogP contribution in [0.5, 0.6) is 0 Å². The summed E-state index contributed by atoms with van der Waals surface area (Å²) in [5, 5.41) is 0. The van der Waals surface area contributed by atoms with Gasteiger partial charge in [-0.3, -0.25) is 9.78 Å². The number of carbonyl (C=O) groups excluding carboxylic acids is 2. The maximum Gasteiger partial charge on any atom is 0.490 e. The molecule has 0 bridgehead atoms. The third-order valence-corrected chi connectivity index (χ3v) is 5.81. The lowest BCUT2D eigenvalue weighted by Gasteiger charge is -2.27. The molecule has 182 valence electrons. The highest BCUT2D eigenvalue weighted by molar-refractivity contribution is 6.04. The number of aromatic nitrogens is 1. The van der Waals surface area contributed by atoms with Crippen molar-refractivity contribution >= 4 is 17.6 Å². The Hall–Kier alpha value is -3.82. The number of rotatable bonds is 6. The number of hydrogen-bond donors (Lipinski definition) is 0. The van der Waals surface area contributed by atoms with Crippen LogP contribution in [0.2, 0.25) is 0 Å². The summed E-state index contributed by atoms with van der Waals surface area (Å²) in [6, 6.07) is 14.0. The highest BCUT2D eigenvalue weighted by Gasteiger charge is 2.67. The molecule has 1 aromatic heterocycles. The van der Waals surface area contributed by atoms with Crippen molar-refractivity contribution in [2.45, 2.75) is 31.0 Å². The molecule has 1 fully saturated rings. The average molecular weight is 490 g/mol. The monoisotopic (exact) mass is 490 g/mol. The van der Waals surface area contributed by atoms with E-state index >= 15 is 0 Å². The third kappa shape index (κ3) is 4.73. The molecule has 1 aliphatic carbocycles. The van der Waals surface area contributed by atoms with Gasteiger partial charge in [0.1, 0.15) is 11.6 Å². The maximum absolute atomic E-state index is 14.4. The number of likely N-dealkylation sites (N-methyl/N-ethyl adjacent to an activating group) is 1. The van der Waals surface area contributed by atoms with Crippen molar-refractivity contribution in [1.82, 2.24) is 4.98 Å². The van der Waals surface area contributed by atoms with Gasteiger partial charge in [0, 0.05) is 30.6 Å². The predicted molar refractivity (Wildman–Crippen MR) is 116 cm³/mol. The zero-order valence-electron chi connectivity index (χ0n) is 18.4. The van der Waals surface area contributed by atoms with Gasteiger partial charge in [-0.15, -0.1) is 0 Å². The number of esters is 1. The topological polar surface area (TPSA) is 59.5 Å². The molecule has 0 N–H and O–H groups in total.